The maximum atomic E-state index is 11.2. The molecule has 1 aromatic heterocycles. The highest BCUT2D eigenvalue weighted by atomic mass is 32.2. The van der Waals surface area contributed by atoms with E-state index < -0.39 is 5.97 Å². The second-order valence-electron chi connectivity index (χ2n) is 4.70. The van der Waals surface area contributed by atoms with E-state index in [-0.39, 0.29) is 5.69 Å². The van der Waals surface area contributed by atoms with Gasteiger partial charge in [-0.3, -0.25) is 0 Å². The van der Waals surface area contributed by atoms with Crippen LogP contribution in [0.15, 0.2) is 64.4 Å². The topological polar surface area (TPSA) is 50.2 Å². The molecule has 2 aromatic carbocycles. The van der Waals surface area contributed by atoms with Gasteiger partial charge in [-0.1, -0.05) is 48.2 Å². The summed E-state index contributed by atoms with van der Waals surface area (Å²) < 4.78 is 0. The maximum Gasteiger partial charge on any atom is 0.354 e. The van der Waals surface area contributed by atoms with E-state index >= 15 is 0 Å². The van der Waals surface area contributed by atoms with Gasteiger partial charge in [-0.2, -0.15) is 0 Å². The predicted octanol–water partition coefficient (Wildman–Crippen LogP) is 4.39. The lowest BCUT2D eigenvalue weighted by Crippen LogP contribution is -2.01. The van der Waals surface area contributed by atoms with E-state index in [9.17, 15) is 9.90 Å². The van der Waals surface area contributed by atoms with Crippen molar-refractivity contribution in [3.8, 4) is 0 Å². The summed E-state index contributed by atoms with van der Waals surface area (Å²) in [4.78, 5) is 17.5. The van der Waals surface area contributed by atoms with Crippen molar-refractivity contribution in [2.45, 2.75) is 16.7 Å². The van der Waals surface area contributed by atoms with E-state index in [0.29, 0.717) is 5.52 Å². The lowest BCUT2D eigenvalue weighted by Gasteiger charge is -2.09. The molecule has 0 bridgehead atoms. The van der Waals surface area contributed by atoms with Gasteiger partial charge in [-0.15, -0.1) is 0 Å². The Morgan fingerprint density at radius 3 is 2.52 bits per heavy atom. The molecule has 3 aromatic rings. The zero-order valence-electron chi connectivity index (χ0n) is 11.4. The molecule has 0 amide bonds. The summed E-state index contributed by atoms with van der Waals surface area (Å²) in [5, 5.41) is 10.2. The first-order chi connectivity index (χ1) is 10.1. The third-order valence-corrected chi connectivity index (χ3v) is 4.45. The number of hydrogen-bond donors (Lipinski definition) is 1. The molecule has 0 aliphatic rings. The van der Waals surface area contributed by atoms with E-state index in [1.807, 2.05) is 55.5 Å². The fourth-order valence-corrected chi connectivity index (χ4v) is 3.19. The van der Waals surface area contributed by atoms with Gasteiger partial charge in [-0.25, -0.2) is 9.78 Å². The van der Waals surface area contributed by atoms with Crippen LogP contribution >= 0.6 is 11.8 Å². The van der Waals surface area contributed by atoms with Crippen LogP contribution in [-0.2, 0) is 0 Å². The minimum atomic E-state index is -1.01. The number of aryl methyl sites for hydroxylation is 1. The second-order valence-corrected chi connectivity index (χ2v) is 5.78. The monoisotopic (exact) mass is 295 g/mol. The predicted molar refractivity (Wildman–Crippen MR) is 84.0 cm³/mol. The molecule has 0 radical (unpaired) electrons. The zero-order chi connectivity index (χ0) is 14.8. The highest BCUT2D eigenvalue weighted by Gasteiger charge is 2.12. The van der Waals surface area contributed by atoms with Gasteiger partial charge in [-0.05, 0) is 30.7 Å². The molecule has 0 spiro atoms. The molecule has 0 saturated carbocycles. The van der Waals surface area contributed by atoms with Crippen LogP contribution in [0.25, 0.3) is 10.9 Å². The van der Waals surface area contributed by atoms with Crippen molar-refractivity contribution in [3.05, 3.63) is 65.9 Å². The summed E-state index contributed by atoms with van der Waals surface area (Å²) in [5.74, 6) is -1.01. The number of carboxylic acid groups (broad SMARTS) is 1. The Hall–Kier alpha value is -2.33. The second kappa shape index (κ2) is 5.58. The zero-order valence-corrected chi connectivity index (χ0v) is 12.2. The Balaban J connectivity index is 2.16. The minimum absolute atomic E-state index is 0.0739. The molecule has 3 rings (SSSR count). The molecule has 0 aliphatic heterocycles. The third kappa shape index (κ3) is 2.76. The van der Waals surface area contributed by atoms with Gasteiger partial charge in [0.1, 0.15) is 5.69 Å². The lowest BCUT2D eigenvalue weighted by molar-refractivity contribution is 0.0690. The van der Waals surface area contributed by atoms with Gasteiger partial charge in [0.15, 0.2) is 0 Å². The molecule has 1 heterocycles. The quantitative estimate of drug-likeness (QED) is 0.778. The van der Waals surface area contributed by atoms with Crippen molar-refractivity contribution in [2.24, 2.45) is 0 Å². The molecule has 21 heavy (non-hydrogen) atoms. The lowest BCUT2D eigenvalue weighted by atomic mass is 10.2. The van der Waals surface area contributed by atoms with Crippen molar-refractivity contribution >= 4 is 28.6 Å². The molecular formula is C17H13NO2S. The molecule has 0 saturated heterocycles. The van der Waals surface area contributed by atoms with Crippen LogP contribution in [0.3, 0.4) is 0 Å². The molecule has 4 heteroatoms. The number of fused-ring (bicyclic) bond motifs is 1. The van der Waals surface area contributed by atoms with Crippen LogP contribution in [0.2, 0.25) is 0 Å². The number of aromatic nitrogens is 1. The Bertz CT molecular complexity index is 830. The Labute approximate surface area is 126 Å². The molecule has 0 aliphatic carbocycles. The van der Waals surface area contributed by atoms with Gasteiger partial charge < -0.3 is 5.11 Å². The summed E-state index contributed by atoms with van der Waals surface area (Å²) in [6.45, 7) is 2.05. The van der Waals surface area contributed by atoms with Gasteiger partial charge in [0.05, 0.1) is 5.52 Å². The van der Waals surface area contributed by atoms with Crippen LogP contribution in [0.1, 0.15) is 16.1 Å². The van der Waals surface area contributed by atoms with E-state index in [4.69, 9.17) is 0 Å². The number of carbonyl (C=O) groups is 1. The number of para-hydroxylation sites is 1. The molecule has 104 valence electrons. The summed E-state index contributed by atoms with van der Waals surface area (Å²) in [6.07, 6.45) is 0. The fraction of sp³-hybridized carbons (Fsp3) is 0.0588. The SMILES string of the molecule is Cc1ccccc1Sc1cc(C(=O)O)nc2ccccc12. The number of aromatic carboxylic acids is 1. The number of hydrogen-bond acceptors (Lipinski definition) is 3. The first kappa shape index (κ1) is 13.6. The van der Waals surface area contributed by atoms with Crippen molar-refractivity contribution in [1.82, 2.24) is 4.98 Å². The van der Waals surface area contributed by atoms with Gasteiger partial charge >= 0.3 is 5.97 Å². The third-order valence-electron chi connectivity index (χ3n) is 3.21. The van der Waals surface area contributed by atoms with Crippen LogP contribution < -0.4 is 0 Å². The van der Waals surface area contributed by atoms with Crippen LogP contribution in [0.4, 0.5) is 0 Å². The fourth-order valence-electron chi connectivity index (χ4n) is 2.13. The molecule has 0 unspecified atom stereocenters. The van der Waals surface area contributed by atoms with Gasteiger partial charge in [0, 0.05) is 15.2 Å². The molecule has 0 atom stereocenters. The number of rotatable bonds is 3. The van der Waals surface area contributed by atoms with Crippen LogP contribution in [0.5, 0.6) is 0 Å². The van der Waals surface area contributed by atoms with E-state index in [1.165, 1.54) is 5.56 Å². The molecule has 3 nitrogen and oxygen atoms in total. The molecule has 1 N–H and O–H groups in total. The summed E-state index contributed by atoms with van der Waals surface area (Å²) in [5.41, 5.74) is 1.94. The van der Waals surface area contributed by atoms with E-state index in [1.54, 1.807) is 17.8 Å². The number of carboxylic acids is 1. The highest BCUT2D eigenvalue weighted by molar-refractivity contribution is 7.99. The Morgan fingerprint density at radius 1 is 1.05 bits per heavy atom. The Morgan fingerprint density at radius 2 is 1.76 bits per heavy atom. The number of benzene rings is 2. The van der Waals surface area contributed by atoms with Crippen molar-refractivity contribution in [2.75, 3.05) is 0 Å². The Kier molecular flexibility index (Phi) is 3.62. The molecule has 0 fully saturated rings. The number of pyridine rings is 1. The highest BCUT2D eigenvalue weighted by Crippen LogP contribution is 2.35. The summed E-state index contributed by atoms with van der Waals surface area (Å²) in [7, 11) is 0. The van der Waals surface area contributed by atoms with E-state index in [2.05, 4.69) is 4.98 Å². The normalized spacial score (nSPS) is 10.7. The van der Waals surface area contributed by atoms with Crippen LogP contribution in [-0.4, -0.2) is 16.1 Å². The van der Waals surface area contributed by atoms with Crippen molar-refractivity contribution in [1.29, 1.82) is 0 Å². The standard InChI is InChI=1S/C17H13NO2S/c1-11-6-2-5-9-15(11)21-16-10-14(17(19)20)18-13-8-4-3-7-12(13)16/h2-10H,1H3,(H,19,20). The van der Waals surface area contributed by atoms with Gasteiger partial charge in [0.2, 0.25) is 0 Å². The van der Waals surface area contributed by atoms with Crippen LogP contribution in [0, 0.1) is 6.92 Å². The number of nitrogens with zero attached hydrogens (tertiary/aromatic N) is 1. The average Bonchev–Trinajstić information content (AvgIpc) is 2.49. The first-order valence-corrected chi connectivity index (χ1v) is 7.33. The van der Waals surface area contributed by atoms with E-state index in [0.717, 1.165) is 15.2 Å². The summed E-state index contributed by atoms with van der Waals surface area (Å²) >= 11 is 1.57. The molecular weight excluding hydrogens is 282 g/mol. The first-order valence-electron chi connectivity index (χ1n) is 6.52. The smallest absolute Gasteiger partial charge is 0.354 e. The maximum absolute atomic E-state index is 11.2. The average molecular weight is 295 g/mol. The minimum Gasteiger partial charge on any atom is -0.477 e. The van der Waals surface area contributed by atoms with Gasteiger partial charge in [0.25, 0.3) is 0 Å². The van der Waals surface area contributed by atoms with Crippen molar-refractivity contribution in [3.63, 3.8) is 0 Å². The summed E-state index contributed by atoms with van der Waals surface area (Å²) in [6, 6.07) is 17.3. The van der Waals surface area contributed by atoms with Crippen molar-refractivity contribution < 1.29 is 9.90 Å². The largest absolute Gasteiger partial charge is 0.477 e.